The van der Waals surface area contributed by atoms with Crippen LogP contribution in [0.15, 0.2) is 9.53 Å². The summed E-state index contributed by atoms with van der Waals surface area (Å²) in [5.41, 5.74) is 7.23. The van der Waals surface area contributed by atoms with Crippen molar-refractivity contribution in [1.82, 2.24) is 9.88 Å². The summed E-state index contributed by atoms with van der Waals surface area (Å²) in [5, 5.41) is 3.14. The van der Waals surface area contributed by atoms with Crippen LogP contribution >= 0.6 is 0 Å². The molecule has 156 valence electrons. The fourth-order valence-corrected chi connectivity index (χ4v) is 3.06. The van der Waals surface area contributed by atoms with Gasteiger partial charge >= 0.3 is 12.3 Å². The van der Waals surface area contributed by atoms with Gasteiger partial charge in [-0.05, 0) is 40.1 Å². The van der Waals surface area contributed by atoms with Crippen molar-refractivity contribution in [3.05, 3.63) is 21.9 Å². The zero-order chi connectivity index (χ0) is 21.3. The average Bonchev–Trinajstić information content (AvgIpc) is 2.94. The zero-order valence-electron chi connectivity index (χ0n) is 16.3. The zero-order valence-corrected chi connectivity index (χ0v) is 16.3. The first kappa shape index (κ1) is 21.7. The molecule has 0 spiro atoms. The molecule has 1 saturated heterocycles. The van der Waals surface area contributed by atoms with Crippen molar-refractivity contribution in [3.8, 4) is 0 Å². The van der Waals surface area contributed by atoms with Crippen LogP contribution < -0.4 is 4.90 Å². The molecule has 0 radical (unpaired) electrons. The van der Waals surface area contributed by atoms with Crippen molar-refractivity contribution < 1.29 is 27.1 Å². The topological polar surface area (TPSA) is 108 Å². The number of carbonyl (C=O) groups excluding carboxylic acids is 1. The summed E-state index contributed by atoms with van der Waals surface area (Å²) in [7, 11) is 0. The molecule has 2 heterocycles. The molecule has 1 aromatic heterocycles. The van der Waals surface area contributed by atoms with Gasteiger partial charge in [0.15, 0.2) is 0 Å². The highest BCUT2D eigenvalue weighted by Crippen LogP contribution is 2.36. The van der Waals surface area contributed by atoms with E-state index >= 15 is 0 Å². The molecule has 0 N–H and O–H groups in total. The Bertz CT molecular complexity index is 755. The Morgan fingerprint density at radius 1 is 1.32 bits per heavy atom. The van der Waals surface area contributed by atoms with E-state index in [1.807, 2.05) is 0 Å². The Labute approximate surface area is 160 Å². The Morgan fingerprint density at radius 3 is 2.36 bits per heavy atom. The molecule has 2 atom stereocenters. The van der Waals surface area contributed by atoms with Crippen molar-refractivity contribution >= 4 is 12.1 Å². The summed E-state index contributed by atoms with van der Waals surface area (Å²) >= 11 is 0. The first-order valence-corrected chi connectivity index (χ1v) is 8.67. The number of nitrogens with zero attached hydrogens (tertiary/aromatic N) is 6. The second kappa shape index (κ2) is 7.78. The minimum absolute atomic E-state index is 0.211. The minimum Gasteiger partial charge on any atom is -0.444 e. The van der Waals surface area contributed by atoms with E-state index in [4.69, 9.17) is 14.7 Å². The van der Waals surface area contributed by atoms with E-state index in [0.717, 1.165) is 0 Å². The van der Waals surface area contributed by atoms with Crippen molar-refractivity contribution in [3.63, 3.8) is 0 Å². The Morgan fingerprint density at radius 2 is 1.89 bits per heavy atom. The fourth-order valence-electron chi connectivity index (χ4n) is 3.06. The lowest BCUT2D eigenvalue weighted by molar-refractivity contribution is -0.153. The second-order valence-electron chi connectivity index (χ2n) is 7.65. The maximum absolute atomic E-state index is 13.2. The van der Waals surface area contributed by atoms with E-state index in [2.05, 4.69) is 15.0 Å². The van der Waals surface area contributed by atoms with E-state index in [9.17, 15) is 18.0 Å². The molecular weight excluding hydrogens is 381 g/mol. The van der Waals surface area contributed by atoms with Crippen LogP contribution in [-0.2, 0) is 17.5 Å². The third kappa shape index (κ3) is 5.00. The summed E-state index contributed by atoms with van der Waals surface area (Å²) in [6, 6.07) is -0.918. The van der Waals surface area contributed by atoms with Gasteiger partial charge in [-0.1, -0.05) is 5.11 Å². The van der Waals surface area contributed by atoms with Gasteiger partial charge < -0.3 is 14.1 Å². The summed E-state index contributed by atoms with van der Waals surface area (Å²) in [6.45, 7) is 8.65. The predicted octanol–water partition coefficient (Wildman–Crippen LogP) is 4.34. The van der Waals surface area contributed by atoms with E-state index in [0.29, 0.717) is 0 Å². The number of amides is 1. The van der Waals surface area contributed by atoms with Crippen molar-refractivity contribution in [2.45, 2.75) is 65.0 Å². The molecule has 0 saturated carbocycles. The van der Waals surface area contributed by atoms with Crippen LogP contribution in [0.2, 0.25) is 0 Å². The van der Waals surface area contributed by atoms with E-state index in [1.54, 1.807) is 39.5 Å². The molecule has 2 rings (SSSR count). The normalized spacial score (nSPS) is 20.7. The van der Waals surface area contributed by atoms with Gasteiger partial charge in [-0.3, -0.25) is 4.90 Å². The lowest BCUT2D eigenvalue weighted by atomic mass is 10.1. The number of ether oxygens (including phenoxy) is 1. The van der Waals surface area contributed by atoms with Gasteiger partial charge in [0, 0.05) is 18.0 Å². The van der Waals surface area contributed by atoms with Crippen molar-refractivity contribution in [2.75, 3.05) is 18.0 Å². The lowest BCUT2D eigenvalue weighted by Gasteiger charge is -2.43. The molecule has 0 aliphatic carbocycles. The number of azide groups is 1. The monoisotopic (exact) mass is 404 g/mol. The smallest absolute Gasteiger partial charge is 0.444 e. The molecule has 28 heavy (non-hydrogen) atoms. The van der Waals surface area contributed by atoms with Gasteiger partial charge in [-0.2, -0.15) is 18.2 Å². The number of hydrogen-bond donors (Lipinski definition) is 0. The molecule has 1 amide bonds. The number of carbonyl (C=O) groups is 1. The van der Waals surface area contributed by atoms with Crippen LogP contribution in [0.3, 0.4) is 0 Å². The third-order valence-corrected chi connectivity index (χ3v) is 4.02. The molecule has 0 bridgehead atoms. The van der Waals surface area contributed by atoms with E-state index in [1.165, 1.54) is 4.90 Å². The van der Waals surface area contributed by atoms with Gasteiger partial charge in [0.25, 0.3) is 6.01 Å². The molecule has 1 aliphatic rings. The second-order valence-corrected chi connectivity index (χ2v) is 7.65. The quantitative estimate of drug-likeness (QED) is 0.423. The molecule has 12 heteroatoms. The van der Waals surface area contributed by atoms with Gasteiger partial charge in [-0.15, -0.1) is 0 Å². The number of oxazole rings is 1. The average molecular weight is 404 g/mol. The standard InChI is InChI=1S/C16H23F3N6O3/c1-9-7-24(8-10(2)25(9)14(26)28-15(3,4)5)13-22-11(6-21-23-20)12(27-13)16(17,18)19/h9-10H,6-8H2,1-5H3/t9-,10+. The maximum Gasteiger partial charge on any atom is 0.451 e. The Kier molecular flexibility index (Phi) is 6.03. The van der Waals surface area contributed by atoms with Crippen LogP contribution in [-0.4, -0.2) is 46.8 Å². The van der Waals surface area contributed by atoms with Gasteiger partial charge in [0.05, 0.1) is 24.3 Å². The number of aromatic nitrogens is 1. The largest absolute Gasteiger partial charge is 0.451 e. The number of piperazine rings is 1. The van der Waals surface area contributed by atoms with Crippen molar-refractivity contribution in [2.24, 2.45) is 5.11 Å². The molecule has 1 aliphatic heterocycles. The number of anilines is 1. The molecule has 0 unspecified atom stereocenters. The fraction of sp³-hybridized carbons (Fsp3) is 0.750. The first-order chi connectivity index (χ1) is 12.8. The highest BCUT2D eigenvalue weighted by molar-refractivity contribution is 5.69. The van der Waals surface area contributed by atoms with E-state index < -0.39 is 35.9 Å². The van der Waals surface area contributed by atoms with Crippen LogP contribution in [0.1, 0.15) is 46.1 Å². The summed E-state index contributed by atoms with van der Waals surface area (Å²) < 4.78 is 49.9. The maximum atomic E-state index is 13.2. The summed E-state index contributed by atoms with van der Waals surface area (Å²) in [5.74, 6) is -1.29. The number of rotatable bonds is 3. The van der Waals surface area contributed by atoms with Crippen LogP contribution in [0.4, 0.5) is 24.0 Å². The SMILES string of the molecule is C[C@@H]1CN(c2nc(CN=[N+]=[N-])c(C(F)(F)F)o2)C[C@H](C)N1C(=O)OC(C)(C)C. The molecule has 1 aromatic rings. The highest BCUT2D eigenvalue weighted by atomic mass is 19.4. The number of hydrogen-bond acceptors (Lipinski definition) is 6. The molecular formula is C16H23F3N6O3. The molecule has 0 aromatic carbocycles. The molecule has 1 fully saturated rings. The molecule has 9 nitrogen and oxygen atoms in total. The van der Waals surface area contributed by atoms with Crippen LogP contribution in [0.5, 0.6) is 0 Å². The predicted molar refractivity (Wildman–Crippen MR) is 93.6 cm³/mol. The summed E-state index contributed by atoms with van der Waals surface area (Å²) in [6.07, 6.45) is -5.25. The van der Waals surface area contributed by atoms with Gasteiger partial charge in [-0.25, -0.2) is 4.79 Å². The van der Waals surface area contributed by atoms with E-state index in [-0.39, 0.29) is 31.2 Å². The minimum atomic E-state index is -4.76. The van der Waals surface area contributed by atoms with Crippen molar-refractivity contribution in [1.29, 1.82) is 0 Å². The highest BCUT2D eigenvalue weighted by Gasteiger charge is 2.42. The number of alkyl halides is 3. The Balaban J connectivity index is 2.23. The first-order valence-electron chi connectivity index (χ1n) is 8.67. The lowest BCUT2D eigenvalue weighted by Crippen LogP contribution is -2.59. The van der Waals surface area contributed by atoms with Gasteiger partial charge in [0.2, 0.25) is 5.76 Å². The third-order valence-electron chi connectivity index (χ3n) is 4.02. The van der Waals surface area contributed by atoms with Crippen LogP contribution in [0, 0.1) is 0 Å². The summed E-state index contributed by atoms with van der Waals surface area (Å²) in [4.78, 5) is 21.9. The van der Waals surface area contributed by atoms with Gasteiger partial charge in [0.1, 0.15) is 5.60 Å². The van der Waals surface area contributed by atoms with Crippen LogP contribution in [0.25, 0.3) is 10.4 Å². The Hall–Kier alpha value is -2.62. The number of halogens is 3.